The van der Waals surface area contributed by atoms with E-state index in [0.29, 0.717) is 6.54 Å². The smallest absolute Gasteiger partial charge is 0.308 e. The lowest BCUT2D eigenvalue weighted by Crippen LogP contribution is -2.44. The quantitative estimate of drug-likeness (QED) is 0.501. The zero-order chi connectivity index (χ0) is 21.6. The molecule has 4 rings (SSSR count). The molecule has 5 nitrogen and oxygen atoms in total. The number of fused-ring (bicyclic) bond motifs is 1. The molecule has 2 heterocycles. The first-order valence-corrected chi connectivity index (χ1v) is 12.7. The Bertz CT molecular complexity index is 886. The van der Waals surface area contributed by atoms with Crippen LogP contribution in [0.4, 0.5) is 0 Å². The molecule has 1 aliphatic heterocycles. The van der Waals surface area contributed by atoms with Gasteiger partial charge in [0, 0.05) is 23.4 Å². The van der Waals surface area contributed by atoms with Crippen LogP contribution in [0.25, 0.3) is 10.9 Å². The Labute approximate surface area is 189 Å². The molecule has 2 aromatic rings. The molecule has 1 aromatic carbocycles. The van der Waals surface area contributed by atoms with E-state index >= 15 is 0 Å². The summed E-state index contributed by atoms with van der Waals surface area (Å²) in [4.78, 5) is 18.8. The van der Waals surface area contributed by atoms with Gasteiger partial charge in [-0.1, -0.05) is 0 Å². The predicted octanol–water partition coefficient (Wildman–Crippen LogP) is 4.87. The summed E-state index contributed by atoms with van der Waals surface area (Å²) in [6.07, 6.45) is 9.73. The summed E-state index contributed by atoms with van der Waals surface area (Å²) >= 11 is 2.10. The summed E-state index contributed by atoms with van der Waals surface area (Å²) in [5, 5.41) is 11.9. The molecule has 168 valence electrons. The number of ether oxygens (including phenoxy) is 1. The summed E-state index contributed by atoms with van der Waals surface area (Å²) in [6.45, 7) is 2.79. The molecular weight excluding hydrogens is 408 g/mol. The van der Waals surface area contributed by atoms with Gasteiger partial charge in [0.05, 0.1) is 18.5 Å². The molecule has 31 heavy (non-hydrogen) atoms. The molecule has 1 aromatic heterocycles. The zero-order valence-electron chi connectivity index (χ0n) is 18.5. The van der Waals surface area contributed by atoms with Crippen molar-refractivity contribution >= 4 is 28.6 Å². The molecule has 2 fully saturated rings. The Kier molecular flexibility index (Phi) is 7.72. The number of carboxylic acids is 1. The first-order chi connectivity index (χ1) is 15.1. The second-order valence-electron chi connectivity index (χ2n) is 8.96. The van der Waals surface area contributed by atoms with Crippen LogP contribution in [-0.2, 0) is 11.2 Å². The Morgan fingerprint density at radius 3 is 2.90 bits per heavy atom. The molecular formula is C25H34N2O3S. The maximum atomic E-state index is 12.0. The van der Waals surface area contributed by atoms with Crippen molar-refractivity contribution in [2.45, 2.75) is 50.2 Å². The molecule has 6 heteroatoms. The fraction of sp³-hybridized carbons (Fsp3) is 0.600. The molecule has 0 radical (unpaired) electrons. The molecule has 0 spiro atoms. The van der Waals surface area contributed by atoms with E-state index in [0.717, 1.165) is 60.7 Å². The number of aryl methyl sites for hydroxylation is 1. The van der Waals surface area contributed by atoms with Crippen LogP contribution >= 0.6 is 11.8 Å². The average Bonchev–Trinajstić information content (AvgIpc) is 3.61. The maximum absolute atomic E-state index is 12.0. The fourth-order valence-electron chi connectivity index (χ4n) is 4.75. The number of hydrogen-bond acceptors (Lipinski definition) is 5. The van der Waals surface area contributed by atoms with Gasteiger partial charge in [0.25, 0.3) is 0 Å². The van der Waals surface area contributed by atoms with E-state index in [1.807, 2.05) is 18.3 Å². The van der Waals surface area contributed by atoms with Gasteiger partial charge in [-0.25, -0.2) is 0 Å². The van der Waals surface area contributed by atoms with Gasteiger partial charge in [0.15, 0.2) is 0 Å². The minimum atomic E-state index is -0.624. The van der Waals surface area contributed by atoms with Gasteiger partial charge >= 0.3 is 5.97 Å². The van der Waals surface area contributed by atoms with Crippen LogP contribution in [0.2, 0.25) is 0 Å². The summed E-state index contributed by atoms with van der Waals surface area (Å²) in [7, 11) is 1.68. The number of thioether (sulfide) groups is 1. The third kappa shape index (κ3) is 6.13. The van der Waals surface area contributed by atoms with Crippen molar-refractivity contribution in [2.24, 2.45) is 11.8 Å². The summed E-state index contributed by atoms with van der Waals surface area (Å²) in [5.74, 6) is 1.47. The van der Waals surface area contributed by atoms with Gasteiger partial charge < -0.3 is 14.7 Å². The lowest BCUT2D eigenvalue weighted by molar-refractivity contribution is -0.146. The first-order valence-electron chi connectivity index (χ1n) is 11.6. The molecule has 1 N–H and O–H groups in total. The van der Waals surface area contributed by atoms with E-state index in [-0.39, 0.29) is 11.8 Å². The number of piperidine rings is 1. The molecule has 0 unspecified atom stereocenters. The van der Waals surface area contributed by atoms with Gasteiger partial charge in [-0.15, -0.1) is 0 Å². The van der Waals surface area contributed by atoms with Crippen LogP contribution in [0.1, 0.15) is 44.1 Å². The molecule has 1 aliphatic carbocycles. The number of carboxylic acid groups (broad SMARTS) is 1. The normalized spacial score (nSPS) is 22.0. The Morgan fingerprint density at radius 2 is 2.13 bits per heavy atom. The summed E-state index contributed by atoms with van der Waals surface area (Å²) in [5.41, 5.74) is 2.25. The van der Waals surface area contributed by atoms with Crippen LogP contribution < -0.4 is 4.74 Å². The minimum Gasteiger partial charge on any atom is -0.497 e. The molecule has 2 aliphatic rings. The standard InChI is InChI=1S/C25H34N2O3S/c1-30-20-6-9-24-22(16-20)18(10-12-26-24)4-2-5-19-11-14-27(17-23(19)25(28)29)13-3-15-31-21-7-8-21/h6,9-10,12,16,19,21,23H,2-5,7-8,11,13-15,17H2,1H3,(H,28,29)/t19-,23+/m1/s1. The van der Waals surface area contributed by atoms with Crippen LogP contribution in [-0.4, -0.2) is 58.7 Å². The Balaban J connectivity index is 1.28. The highest BCUT2D eigenvalue weighted by atomic mass is 32.2. The highest BCUT2D eigenvalue weighted by Crippen LogP contribution is 2.34. The molecule has 1 saturated heterocycles. The number of benzene rings is 1. The predicted molar refractivity (Wildman–Crippen MR) is 127 cm³/mol. The second kappa shape index (κ2) is 10.7. The monoisotopic (exact) mass is 442 g/mol. The Morgan fingerprint density at radius 1 is 1.26 bits per heavy atom. The third-order valence-electron chi connectivity index (χ3n) is 6.71. The highest BCUT2D eigenvalue weighted by molar-refractivity contribution is 8.00. The highest BCUT2D eigenvalue weighted by Gasteiger charge is 2.33. The lowest BCUT2D eigenvalue weighted by Gasteiger charge is -2.36. The van der Waals surface area contributed by atoms with Crippen molar-refractivity contribution in [3.05, 3.63) is 36.0 Å². The first kappa shape index (κ1) is 22.4. The average molecular weight is 443 g/mol. The number of likely N-dealkylation sites (tertiary alicyclic amines) is 1. The number of nitrogens with zero attached hydrogens (tertiary/aromatic N) is 2. The zero-order valence-corrected chi connectivity index (χ0v) is 19.3. The number of rotatable bonds is 11. The van der Waals surface area contributed by atoms with E-state index < -0.39 is 5.97 Å². The fourth-order valence-corrected chi connectivity index (χ4v) is 5.85. The van der Waals surface area contributed by atoms with E-state index in [4.69, 9.17) is 4.74 Å². The maximum Gasteiger partial charge on any atom is 0.308 e. The van der Waals surface area contributed by atoms with E-state index in [1.165, 1.54) is 30.6 Å². The summed E-state index contributed by atoms with van der Waals surface area (Å²) < 4.78 is 5.38. The van der Waals surface area contributed by atoms with Gasteiger partial charge in [0.1, 0.15) is 5.75 Å². The van der Waals surface area contributed by atoms with Crippen LogP contribution in [0.3, 0.4) is 0 Å². The van der Waals surface area contributed by atoms with Crippen LogP contribution in [0.15, 0.2) is 30.5 Å². The number of pyridine rings is 1. The van der Waals surface area contributed by atoms with Gasteiger partial charge in [-0.05, 0) is 99.5 Å². The van der Waals surface area contributed by atoms with E-state index in [2.05, 4.69) is 33.8 Å². The topological polar surface area (TPSA) is 62.7 Å². The van der Waals surface area contributed by atoms with Crippen molar-refractivity contribution in [3.8, 4) is 5.75 Å². The largest absolute Gasteiger partial charge is 0.497 e. The molecule has 0 bridgehead atoms. The van der Waals surface area contributed by atoms with Crippen molar-refractivity contribution in [1.82, 2.24) is 9.88 Å². The minimum absolute atomic E-state index is 0.237. The number of hydrogen-bond donors (Lipinski definition) is 1. The molecule has 0 amide bonds. The van der Waals surface area contributed by atoms with E-state index in [9.17, 15) is 9.90 Å². The molecule has 1 saturated carbocycles. The molecule has 2 atom stereocenters. The van der Waals surface area contributed by atoms with Crippen molar-refractivity contribution in [2.75, 3.05) is 32.5 Å². The number of methoxy groups -OCH3 is 1. The van der Waals surface area contributed by atoms with Gasteiger partial charge in [-0.2, -0.15) is 11.8 Å². The lowest BCUT2D eigenvalue weighted by atomic mass is 9.81. The van der Waals surface area contributed by atoms with Crippen LogP contribution in [0.5, 0.6) is 5.75 Å². The van der Waals surface area contributed by atoms with Gasteiger partial charge in [0.2, 0.25) is 0 Å². The summed E-state index contributed by atoms with van der Waals surface area (Å²) in [6, 6.07) is 8.07. The van der Waals surface area contributed by atoms with Crippen molar-refractivity contribution < 1.29 is 14.6 Å². The van der Waals surface area contributed by atoms with Crippen molar-refractivity contribution in [3.63, 3.8) is 0 Å². The van der Waals surface area contributed by atoms with Crippen LogP contribution in [0, 0.1) is 11.8 Å². The number of aromatic nitrogens is 1. The van der Waals surface area contributed by atoms with Gasteiger partial charge in [-0.3, -0.25) is 9.78 Å². The second-order valence-corrected chi connectivity index (χ2v) is 10.4. The third-order valence-corrected chi connectivity index (χ3v) is 8.18. The number of carbonyl (C=O) groups is 1. The van der Waals surface area contributed by atoms with Crippen molar-refractivity contribution in [1.29, 1.82) is 0 Å². The van der Waals surface area contributed by atoms with E-state index in [1.54, 1.807) is 7.11 Å². The Hall–Kier alpha value is -1.79. The SMILES string of the molecule is COc1ccc2nccc(CCC[C@@H]3CCN(CCCSC4CC4)C[C@@H]3C(=O)O)c2c1. The number of aliphatic carboxylic acids is 1.